The molecule has 122 valence electrons. The van der Waals surface area contributed by atoms with Crippen molar-refractivity contribution >= 4 is 17.5 Å². The highest BCUT2D eigenvalue weighted by atomic mass is 35.5. The van der Waals surface area contributed by atoms with Gasteiger partial charge in [-0.1, -0.05) is 24.4 Å². The summed E-state index contributed by atoms with van der Waals surface area (Å²) >= 11 is 6.32. The summed E-state index contributed by atoms with van der Waals surface area (Å²) in [6.45, 7) is 1.54. The molecule has 7 nitrogen and oxygen atoms in total. The molecule has 1 aliphatic rings. The first-order chi connectivity index (χ1) is 11.2. The summed E-state index contributed by atoms with van der Waals surface area (Å²) in [5.74, 6) is 0.420. The Hall–Kier alpha value is -2.15. The summed E-state index contributed by atoms with van der Waals surface area (Å²) in [5, 5.41) is 11.4. The van der Waals surface area contributed by atoms with Crippen LogP contribution in [-0.4, -0.2) is 51.2 Å². The molecule has 1 aliphatic heterocycles. The van der Waals surface area contributed by atoms with Gasteiger partial charge in [-0.25, -0.2) is 0 Å². The van der Waals surface area contributed by atoms with Crippen LogP contribution in [0, 0.1) is 0 Å². The maximum Gasteiger partial charge on any atom is 0.257 e. The van der Waals surface area contributed by atoms with Crippen molar-refractivity contribution in [1.29, 1.82) is 0 Å². The van der Waals surface area contributed by atoms with Gasteiger partial charge in [-0.2, -0.15) is 4.68 Å². The van der Waals surface area contributed by atoms with Crippen LogP contribution in [0.25, 0.3) is 5.69 Å². The Bertz CT molecular complexity index is 681. The Kier molecular flexibility index (Phi) is 4.76. The van der Waals surface area contributed by atoms with Crippen molar-refractivity contribution in [3.8, 4) is 11.4 Å². The monoisotopic (exact) mass is 335 g/mol. The highest BCUT2D eigenvalue weighted by Gasteiger charge is 2.23. The van der Waals surface area contributed by atoms with E-state index in [0.29, 0.717) is 22.0 Å². The molecular weight excluding hydrogens is 318 g/mol. The van der Waals surface area contributed by atoms with Crippen molar-refractivity contribution in [2.75, 3.05) is 20.2 Å². The number of hydrogen-bond donors (Lipinski definition) is 0. The molecule has 0 aliphatic carbocycles. The van der Waals surface area contributed by atoms with Gasteiger partial charge in [-0.05, 0) is 29.3 Å². The van der Waals surface area contributed by atoms with E-state index in [4.69, 9.17) is 16.3 Å². The first-order valence-corrected chi connectivity index (χ1v) is 7.98. The van der Waals surface area contributed by atoms with Crippen LogP contribution in [-0.2, 0) is 0 Å². The number of benzene rings is 1. The molecule has 8 heteroatoms. The number of ether oxygens (including phenoxy) is 1. The van der Waals surface area contributed by atoms with Gasteiger partial charge in [0.25, 0.3) is 5.91 Å². The van der Waals surface area contributed by atoms with Crippen LogP contribution in [0.1, 0.15) is 36.0 Å². The van der Waals surface area contributed by atoms with Gasteiger partial charge >= 0.3 is 0 Å². The zero-order valence-corrected chi connectivity index (χ0v) is 13.7. The maximum atomic E-state index is 12.8. The first-order valence-electron chi connectivity index (χ1n) is 7.61. The van der Waals surface area contributed by atoms with Crippen LogP contribution in [0.2, 0.25) is 5.02 Å². The van der Waals surface area contributed by atoms with Crippen LogP contribution in [0.4, 0.5) is 0 Å². The van der Waals surface area contributed by atoms with Crippen LogP contribution < -0.4 is 4.74 Å². The molecule has 1 aromatic heterocycles. The summed E-state index contributed by atoms with van der Waals surface area (Å²) in [4.78, 5) is 14.7. The lowest BCUT2D eigenvalue weighted by Crippen LogP contribution is -2.32. The molecule has 0 radical (unpaired) electrons. The topological polar surface area (TPSA) is 73.1 Å². The molecule has 2 heterocycles. The fourth-order valence-electron chi connectivity index (χ4n) is 2.77. The Balaban J connectivity index is 1.95. The normalized spacial score (nSPS) is 15.3. The molecule has 23 heavy (non-hydrogen) atoms. The summed E-state index contributed by atoms with van der Waals surface area (Å²) in [5.41, 5.74) is 1.04. The van der Waals surface area contributed by atoms with Crippen LogP contribution in [0.5, 0.6) is 5.75 Å². The van der Waals surface area contributed by atoms with Crippen LogP contribution >= 0.6 is 11.6 Å². The minimum absolute atomic E-state index is 0.0473. The van der Waals surface area contributed by atoms with Gasteiger partial charge in [0.1, 0.15) is 12.1 Å². The number of nitrogens with zero attached hydrogens (tertiary/aromatic N) is 5. The molecular formula is C15H18ClN5O2. The Morgan fingerprint density at radius 3 is 2.57 bits per heavy atom. The van der Waals surface area contributed by atoms with E-state index in [1.54, 1.807) is 12.1 Å². The van der Waals surface area contributed by atoms with Crippen molar-refractivity contribution in [2.45, 2.75) is 25.7 Å². The quantitative estimate of drug-likeness (QED) is 0.860. The van der Waals surface area contributed by atoms with Gasteiger partial charge in [-0.3, -0.25) is 4.79 Å². The maximum absolute atomic E-state index is 12.8. The SMILES string of the molecule is COc1cc(-n2cnnn2)c(Cl)cc1C(=O)N1CCCCCC1. The van der Waals surface area contributed by atoms with E-state index < -0.39 is 0 Å². The van der Waals surface area contributed by atoms with Gasteiger partial charge in [0.2, 0.25) is 0 Å². The number of hydrogen-bond acceptors (Lipinski definition) is 5. The molecule has 2 aromatic rings. The highest BCUT2D eigenvalue weighted by molar-refractivity contribution is 6.33. The summed E-state index contributed by atoms with van der Waals surface area (Å²) < 4.78 is 6.83. The second kappa shape index (κ2) is 6.95. The predicted octanol–water partition coefficient (Wildman–Crippen LogP) is 2.34. The molecule has 0 N–H and O–H groups in total. The Morgan fingerprint density at radius 1 is 1.22 bits per heavy atom. The number of likely N-dealkylation sites (tertiary alicyclic amines) is 1. The molecule has 1 fully saturated rings. The van der Waals surface area contributed by atoms with Crippen molar-refractivity contribution in [3.05, 3.63) is 29.0 Å². The third-order valence-corrected chi connectivity index (χ3v) is 4.29. The fourth-order valence-corrected chi connectivity index (χ4v) is 3.02. The molecule has 1 aromatic carbocycles. The van der Waals surface area contributed by atoms with Crippen molar-refractivity contribution < 1.29 is 9.53 Å². The lowest BCUT2D eigenvalue weighted by molar-refractivity contribution is 0.0758. The van der Waals surface area contributed by atoms with E-state index in [9.17, 15) is 4.79 Å². The lowest BCUT2D eigenvalue weighted by atomic mass is 10.1. The van der Waals surface area contributed by atoms with E-state index in [0.717, 1.165) is 25.9 Å². The van der Waals surface area contributed by atoms with E-state index in [1.165, 1.54) is 31.0 Å². The standard InChI is InChI=1S/C15H18ClN5O2/c1-23-14-9-13(21-10-17-18-19-21)12(16)8-11(14)15(22)20-6-4-2-3-5-7-20/h8-10H,2-7H2,1H3. The largest absolute Gasteiger partial charge is 0.496 e. The van der Waals surface area contributed by atoms with E-state index >= 15 is 0 Å². The fraction of sp³-hybridized carbons (Fsp3) is 0.467. The second-order valence-electron chi connectivity index (χ2n) is 5.46. The number of halogens is 1. The van der Waals surface area contributed by atoms with Gasteiger partial charge in [0.15, 0.2) is 0 Å². The molecule has 0 spiro atoms. The number of methoxy groups -OCH3 is 1. The van der Waals surface area contributed by atoms with Gasteiger partial charge < -0.3 is 9.64 Å². The Labute approximate surface area is 139 Å². The van der Waals surface area contributed by atoms with Crippen molar-refractivity contribution in [1.82, 2.24) is 25.1 Å². The third kappa shape index (κ3) is 3.29. The Morgan fingerprint density at radius 2 is 1.96 bits per heavy atom. The number of carbonyl (C=O) groups is 1. The number of carbonyl (C=O) groups excluding carboxylic acids is 1. The average molecular weight is 336 g/mol. The summed E-state index contributed by atoms with van der Waals surface area (Å²) in [6, 6.07) is 3.31. The molecule has 0 atom stereocenters. The van der Waals surface area contributed by atoms with Gasteiger partial charge in [0.05, 0.1) is 23.4 Å². The molecule has 3 rings (SSSR count). The molecule has 0 unspecified atom stereocenters. The zero-order valence-electron chi connectivity index (χ0n) is 12.9. The predicted molar refractivity (Wildman–Crippen MR) is 85.1 cm³/mol. The minimum atomic E-state index is -0.0473. The van der Waals surface area contributed by atoms with E-state index in [2.05, 4.69) is 15.5 Å². The first kappa shape index (κ1) is 15.7. The number of aromatic nitrogens is 4. The zero-order chi connectivity index (χ0) is 16.2. The highest BCUT2D eigenvalue weighted by Crippen LogP contribution is 2.30. The minimum Gasteiger partial charge on any atom is -0.496 e. The summed E-state index contributed by atoms with van der Waals surface area (Å²) in [6.07, 6.45) is 5.84. The molecule has 1 amide bonds. The van der Waals surface area contributed by atoms with Crippen LogP contribution in [0.3, 0.4) is 0 Å². The van der Waals surface area contributed by atoms with E-state index in [1.807, 2.05) is 4.90 Å². The van der Waals surface area contributed by atoms with Crippen LogP contribution in [0.15, 0.2) is 18.5 Å². The van der Waals surface area contributed by atoms with Gasteiger partial charge in [0, 0.05) is 19.2 Å². The second-order valence-corrected chi connectivity index (χ2v) is 5.87. The summed E-state index contributed by atoms with van der Waals surface area (Å²) in [7, 11) is 1.53. The van der Waals surface area contributed by atoms with Crippen molar-refractivity contribution in [2.24, 2.45) is 0 Å². The molecule has 0 saturated carbocycles. The van der Waals surface area contributed by atoms with Gasteiger partial charge in [-0.15, -0.1) is 5.10 Å². The third-order valence-electron chi connectivity index (χ3n) is 3.99. The number of amides is 1. The molecule has 0 bridgehead atoms. The smallest absolute Gasteiger partial charge is 0.257 e. The van der Waals surface area contributed by atoms with E-state index in [-0.39, 0.29) is 5.91 Å². The average Bonchev–Trinajstić information content (AvgIpc) is 2.96. The number of tetrazole rings is 1. The van der Waals surface area contributed by atoms with Crippen molar-refractivity contribution in [3.63, 3.8) is 0 Å². The lowest BCUT2D eigenvalue weighted by Gasteiger charge is -2.22. The molecule has 1 saturated heterocycles. The number of rotatable bonds is 3.